The number of amides is 1. The van der Waals surface area contributed by atoms with Gasteiger partial charge in [0, 0.05) is 30.0 Å². The van der Waals surface area contributed by atoms with Crippen molar-refractivity contribution in [2.24, 2.45) is 11.8 Å². The van der Waals surface area contributed by atoms with Crippen LogP contribution in [0.15, 0.2) is 18.2 Å². The van der Waals surface area contributed by atoms with Crippen LogP contribution in [0.2, 0.25) is 0 Å². The number of nitrogens with zero attached hydrogens (tertiary/aromatic N) is 1. The Labute approximate surface area is 167 Å². The third-order valence-electron chi connectivity index (χ3n) is 8.28. The molecule has 0 aromatic heterocycles. The number of benzene rings is 1. The Morgan fingerprint density at radius 3 is 2.68 bits per heavy atom. The zero-order valence-electron chi connectivity index (χ0n) is 16.8. The van der Waals surface area contributed by atoms with E-state index in [9.17, 15) is 9.90 Å². The first kappa shape index (κ1) is 17.3. The molecule has 3 saturated carbocycles. The summed E-state index contributed by atoms with van der Waals surface area (Å²) in [5, 5.41) is 10.8. The Hall–Kier alpha value is -1.55. The highest BCUT2D eigenvalue weighted by Gasteiger charge is 2.55. The number of hydrogen-bond donors (Lipinski definition) is 1. The zero-order chi connectivity index (χ0) is 19.0. The highest BCUT2D eigenvalue weighted by atomic mass is 16.5. The average molecular weight is 382 g/mol. The average Bonchev–Trinajstić information content (AvgIpc) is 3.37. The van der Waals surface area contributed by atoms with Crippen LogP contribution in [0.4, 0.5) is 0 Å². The van der Waals surface area contributed by atoms with Crippen LogP contribution in [-0.4, -0.2) is 40.2 Å². The SMILES string of the molecule is CC(CC(=O)N1C2CC3CC1CC(O)(C3)C2)C1COc2cccc(C3CC3)c21. The van der Waals surface area contributed by atoms with Gasteiger partial charge >= 0.3 is 0 Å². The van der Waals surface area contributed by atoms with Gasteiger partial charge in [0.15, 0.2) is 0 Å². The summed E-state index contributed by atoms with van der Waals surface area (Å²) in [7, 11) is 0. The van der Waals surface area contributed by atoms with Crippen LogP contribution in [0.1, 0.15) is 81.3 Å². The Balaban J connectivity index is 1.20. The number of piperidine rings is 2. The molecule has 3 aliphatic carbocycles. The van der Waals surface area contributed by atoms with Gasteiger partial charge in [-0.15, -0.1) is 0 Å². The van der Waals surface area contributed by atoms with E-state index >= 15 is 0 Å². The fourth-order valence-electron chi connectivity index (χ4n) is 7.06. The van der Waals surface area contributed by atoms with Crippen molar-refractivity contribution in [3.05, 3.63) is 29.3 Å². The minimum absolute atomic E-state index is 0.269. The normalized spacial score (nSPS) is 39.0. The van der Waals surface area contributed by atoms with E-state index in [0.717, 1.165) is 37.9 Å². The molecule has 6 aliphatic rings. The van der Waals surface area contributed by atoms with Crippen molar-refractivity contribution in [1.82, 2.24) is 4.90 Å². The standard InChI is InChI=1S/C24H31NO3/c1-14(20-13-28-21-4-2-3-19(23(20)21)16-5-6-16)7-22(26)25-17-8-15-9-18(25)12-24(27,10-15)11-17/h2-4,14-18,20,27H,5-13H2,1H3. The maximum atomic E-state index is 13.4. The van der Waals surface area contributed by atoms with Crippen molar-refractivity contribution in [3.63, 3.8) is 0 Å². The maximum Gasteiger partial charge on any atom is 0.223 e. The summed E-state index contributed by atoms with van der Waals surface area (Å²) in [4.78, 5) is 15.5. The molecule has 0 spiro atoms. The molecule has 4 nitrogen and oxygen atoms in total. The summed E-state index contributed by atoms with van der Waals surface area (Å²) in [5.41, 5.74) is 2.37. The fourth-order valence-corrected chi connectivity index (χ4v) is 7.06. The van der Waals surface area contributed by atoms with Crippen LogP contribution in [-0.2, 0) is 4.79 Å². The van der Waals surface area contributed by atoms with Gasteiger partial charge in [-0.25, -0.2) is 0 Å². The van der Waals surface area contributed by atoms with Crippen molar-refractivity contribution < 1.29 is 14.6 Å². The minimum atomic E-state index is -0.490. The molecule has 28 heavy (non-hydrogen) atoms. The van der Waals surface area contributed by atoms with Gasteiger partial charge in [-0.3, -0.25) is 4.79 Å². The summed E-state index contributed by atoms with van der Waals surface area (Å²) >= 11 is 0. The van der Waals surface area contributed by atoms with Crippen LogP contribution in [0.5, 0.6) is 5.75 Å². The Morgan fingerprint density at radius 1 is 1.25 bits per heavy atom. The van der Waals surface area contributed by atoms with Crippen molar-refractivity contribution in [2.45, 2.75) is 87.8 Å². The molecule has 1 amide bonds. The van der Waals surface area contributed by atoms with Crippen LogP contribution in [0.25, 0.3) is 0 Å². The van der Waals surface area contributed by atoms with E-state index in [2.05, 4.69) is 30.0 Å². The first-order valence-electron chi connectivity index (χ1n) is 11.3. The predicted molar refractivity (Wildman–Crippen MR) is 106 cm³/mol. The number of ether oxygens (including phenoxy) is 1. The summed E-state index contributed by atoms with van der Waals surface area (Å²) < 4.78 is 6.03. The number of hydrogen-bond acceptors (Lipinski definition) is 3. The Morgan fingerprint density at radius 2 is 2.00 bits per heavy atom. The topological polar surface area (TPSA) is 49.8 Å². The van der Waals surface area contributed by atoms with Gasteiger partial charge in [0.25, 0.3) is 0 Å². The van der Waals surface area contributed by atoms with Gasteiger partial charge < -0.3 is 14.7 Å². The Bertz CT molecular complexity index is 800. The summed E-state index contributed by atoms with van der Waals surface area (Å²) in [6.07, 6.45) is 7.92. The fraction of sp³-hybridized carbons (Fsp3) is 0.708. The molecular formula is C24H31NO3. The number of carbonyl (C=O) groups is 1. The van der Waals surface area contributed by atoms with Gasteiger partial charge in [0.05, 0.1) is 12.2 Å². The Kier molecular flexibility index (Phi) is 3.70. The van der Waals surface area contributed by atoms with E-state index in [1.807, 2.05) is 0 Å². The zero-order valence-corrected chi connectivity index (χ0v) is 16.8. The van der Waals surface area contributed by atoms with Crippen LogP contribution >= 0.6 is 0 Å². The van der Waals surface area contributed by atoms with E-state index < -0.39 is 5.60 Å². The minimum Gasteiger partial charge on any atom is -0.493 e. The lowest BCUT2D eigenvalue weighted by atomic mass is 9.61. The summed E-state index contributed by atoms with van der Waals surface area (Å²) in [6.45, 7) is 2.94. The van der Waals surface area contributed by atoms with Crippen LogP contribution < -0.4 is 4.74 Å². The third kappa shape index (κ3) is 2.63. The predicted octanol–water partition coefficient (Wildman–Crippen LogP) is 3.97. The molecule has 150 valence electrons. The third-order valence-corrected chi connectivity index (χ3v) is 8.28. The van der Waals surface area contributed by atoms with Crippen LogP contribution in [0, 0.1) is 11.8 Å². The largest absolute Gasteiger partial charge is 0.493 e. The van der Waals surface area contributed by atoms with E-state index in [0.29, 0.717) is 36.7 Å². The van der Waals surface area contributed by atoms with E-state index in [4.69, 9.17) is 4.74 Å². The first-order valence-corrected chi connectivity index (χ1v) is 11.3. The van der Waals surface area contributed by atoms with Crippen molar-refractivity contribution >= 4 is 5.91 Å². The lowest BCUT2D eigenvalue weighted by Crippen LogP contribution is -2.65. The second-order valence-corrected chi connectivity index (χ2v) is 10.4. The lowest BCUT2D eigenvalue weighted by Gasteiger charge is -2.59. The molecule has 4 unspecified atom stereocenters. The van der Waals surface area contributed by atoms with Gasteiger partial charge in [-0.1, -0.05) is 19.1 Å². The highest BCUT2D eigenvalue weighted by Crippen LogP contribution is 2.53. The second kappa shape index (κ2) is 5.98. The number of rotatable bonds is 4. The summed E-state index contributed by atoms with van der Waals surface area (Å²) in [6, 6.07) is 7.03. The molecule has 1 aromatic carbocycles. The number of fused-ring (bicyclic) bond motifs is 1. The first-order chi connectivity index (χ1) is 13.5. The number of aliphatic hydroxyl groups is 1. The molecule has 4 heteroatoms. The lowest BCUT2D eigenvalue weighted by molar-refractivity contribution is -0.175. The van der Waals surface area contributed by atoms with Gasteiger partial charge in [0.1, 0.15) is 5.75 Å². The maximum absolute atomic E-state index is 13.4. The van der Waals surface area contributed by atoms with Crippen LogP contribution in [0.3, 0.4) is 0 Å². The molecule has 4 atom stereocenters. The van der Waals surface area contributed by atoms with E-state index in [1.54, 1.807) is 0 Å². The molecule has 0 radical (unpaired) electrons. The smallest absolute Gasteiger partial charge is 0.223 e. The van der Waals surface area contributed by atoms with E-state index in [1.165, 1.54) is 24.0 Å². The second-order valence-electron chi connectivity index (χ2n) is 10.4. The summed E-state index contributed by atoms with van der Waals surface area (Å²) in [5.74, 6) is 3.30. The molecule has 4 bridgehead atoms. The molecule has 1 aromatic rings. The molecule has 7 rings (SSSR count). The van der Waals surface area contributed by atoms with Gasteiger partial charge in [-0.05, 0) is 74.3 Å². The van der Waals surface area contributed by atoms with Crippen molar-refractivity contribution in [3.8, 4) is 5.75 Å². The van der Waals surface area contributed by atoms with Gasteiger partial charge in [-0.2, -0.15) is 0 Å². The molecular weight excluding hydrogens is 350 g/mol. The molecule has 2 saturated heterocycles. The van der Waals surface area contributed by atoms with Gasteiger partial charge in [0.2, 0.25) is 5.91 Å². The van der Waals surface area contributed by atoms with E-state index in [-0.39, 0.29) is 18.0 Å². The van der Waals surface area contributed by atoms with Crippen molar-refractivity contribution in [1.29, 1.82) is 0 Å². The monoisotopic (exact) mass is 381 g/mol. The number of carbonyl (C=O) groups excluding carboxylic acids is 1. The quantitative estimate of drug-likeness (QED) is 0.859. The van der Waals surface area contributed by atoms with Crippen molar-refractivity contribution in [2.75, 3.05) is 6.61 Å². The molecule has 3 aliphatic heterocycles. The molecule has 3 heterocycles. The molecule has 5 fully saturated rings. The molecule has 1 N–H and O–H groups in total. The highest BCUT2D eigenvalue weighted by molar-refractivity contribution is 5.78.